The zero-order chi connectivity index (χ0) is 20.7. The van der Waals surface area contributed by atoms with E-state index in [1.54, 1.807) is 18.0 Å². The van der Waals surface area contributed by atoms with Crippen LogP contribution in [-0.2, 0) is 6.42 Å². The van der Waals surface area contributed by atoms with Crippen LogP contribution in [0.4, 0.5) is 0 Å². The van der Waals surface area contributed by atoms with Crippen molar-refractivity contribution in [3.8, 4) is 5.69 Å². The first-order chi connectivity index (χ1) is 14.5. The minimum Gasteiger partial charge on any atom is -0.436 e. The standard InChI is InChI=1S/C23H26N4O3/c1-16-24-15-21(30-16)22(28)26-12-9-23(29,10-13-26)14-20-8-11-25-27(20)19-6-4-18(5-7-19)17-2-3-17/h4-8,11,15,17,29H,2-3,9-10,12-14H2,1H3. The van der Waals surface area contributed by atoms with Crippen LogP contribution in [0.15, 0.2) is 47.1 Å². The minimum atomic E-state index is -0.861. The Morgan fingerprint density at radius 2 is 1.93 bits per heavy atom. The van der Waals surface area contributed by atoms with E-state index < -0.39 is 5.60 Å². The van der Waals surface area contributed by atoms with Gasteiger partial charge in [0.15, 0.2) is 5.89 Å². The number of hydrogen-bond acceptors (Lipinski definition) is 5. The normalized spacial score (nSPS) is 18.5. The summed E-state index contributed by atoms with van der Waals surface area (Å²) in [6.45, 7) is 2.69. The van der Waals surface area contributed by atoms with Crippen molar-refractivity contribution in [2.45, 2.75) is 50.5 Å². The third-order valence-corrected chi connectivity index (χ3v) is 6.23. The Balaban J connectivity index is 1.25. The molecule has 1 N–H and O–H groups in total. The third kappa shape index (κ3) is 3.77. The summed E-state index contributed by atoms with van der Waals surface area (Å²) in [4.78, 5) is 18.3. The van der Waals surface area contributed by atoms with Crippen molar-refractivity contribution in [1.82, 2.24) is 19.7 Å². The molecule has 0 radical (unpaired) electrons. The number of amides is 1. The number of aromatic nitrogens is 3. The average Bonchev–Trinajstić information content (AvgIpc) is 3.36. The fourth-order valence-electron chi connectivity index (χ4n) is 4.26. The molecule has 156 valence electrons. The summed E-state index contributed by atoms with van der Waals surface area (Å²) in [6.07, 6.45) is 7.34. The molecule has 1 aromatic carbocycles. The Labute approximate surface area is 175 Å². The fourth-order valence-corrected chi connectivity index (χ4v) is 4.26. The van der Waals surface area contributed by atoms with Gasteiger partial charge < -0.3 is 14.4 Å². The highest BCUT2D eigenvalue weighted by Crippen LogP contribution is 2.40. The number of benzene rings is 1. The zero-order valence-corrected chi connectivity index (χ0v) is 17.1. The Bertz CT molecular complexity index is 1040. The summed E-state index contributed by atoms with van der Waals surface area (Å²) in [5.74, 6) is 1.29. The highest BCUT2D eigenvalue weighted by molar-refractivity contribution is 5.91. The fraction of sp³-hybridized carbons (Fsp3) is 0.435. The van der Waals surface area contributed by atoms with Crippen LogP contribution in [0.1, 0.15) is 59.3 Å². The van der Waals surface area contributed by atoms with Crippen LogP contribution in [0, 0.1) is 6.92 Å². The topological polar surface area (TPSA) is 84.4 Å². The number of carbonyl (C=O) groups is 1. The van der Waals surface area contributed by atoms with E-state index in [-0.39, 0.29) is 11.7 Å². The lowest BCUT2D eigenvalue weighted by Gasteiger charge is -2.38. The molecule has 1 saturated heterocycles. The molecule has 2 aromatic heterocycles. The van der Waals surface area contributed by atoms with Crippen molar-refractivity contribution in [1.29, 1.82) is 0 Å². The van der Waals surface area contributed by atoms with E-state index in [2.05, 4.69) is 34.3 Å². The predicted molar refractivity (Wildman–Crippen MR) is 111 cm³/mol. The second-order valence-corrected chi connectivity index (χ2v) is 8.54. The molecule has 7 heteroatoms. The Morgan fingerprint density at radius 3 is 2.57 bits per heavy atom. The van der Waals surface area contributed by atoms with Gasteiger partial charge in [0.05, 0.1) is 17.5 Å². The van der Waals surface area contributed by atoms with Crippen LogP contribution in [0.25, 0.3) is 5.69 Å². The predicted octanol–water partition coefficient (Wildman–Crippen LogP) is 3.26. The molecule has 30 heavy (non-hydrogen) atoms. The number of oxazole rings is 1. The molecular weight excluding hydrogens is 380 g/mol. The van der Waals surface area contributed by atoms with Gasteiger partial charge in [0.1, 0.15) is 0 Å². The lowest BCUT2D eigenvalue weighted by atomic mass is 9.87. The lowest BCUT2D eigenvalue weighted by Crippen LogP contribution is -2.48. The molecule has 7 nitrogen and oxygen atoms in total. The van der Waals surface area contributed by atoms with Gasteiger partial charge in [0, 0.05) is 38.3 Å². The number of carbonyl (C=O) groups excluding carboxylic acids is 1. The van der Waals surface area contributed by atoms with Crippen LogP contribution in [0.3, 0.4) is 0 Å². The molecule has 2 aliphatic rings. The van der Waals surface area contributed by atoms with Crippen LogP contribution in [-0.4, -0.2) is 49.4 Å². The second kappa shape index (κ2) is 7.40. The Morgan fingerprint density at radius 1 is 1.20 bits per heavy atom. The molecule has 3 aromatic rings. The van der Waals surface area contributed by atoms with E-state index in [0.717, 1.165) is 17.3 Å². The highest BCUT2D eigenvalue weighted by Gasteiger charge is 2.36. The summed E-state index contributed by atoms with van der Waals surface area (Å²) in [5.41, 5.74) is 2.52. The Hall–Kier alpha value is -2.93. The van der Waals surface area contributed by atoms with E-state index >= 15 is 0 Å². The summed E-state index contributed by atoms with van der Waals surface area (Å²) in [6, 6.07) is 10.5. The van der Waals surface area contributed by atoms with Gasteiger partial charge in [-0.15, -0.1) is 0 Å². The summed E-state index contributed by atoms with van der Waals surface area (Å²) in [7, 11) is 0. The molecule has 0 unspecified atom stereocenters. The van der Waals surface area contributed by atoms with Crippen molar-refractivity contribution in [3.05, 3.63) is 65.6 Å². The van der Waals surface area contributed by atoms with Crippen LogP contribution in [0.5, 0.6) is 0 Å². The van der Waals surface area contributed by atoms with Crippen LogP contribution >= 0.6 is 0 Å². The third-order valence-electron chi connectivity index (χ3n) is 6.23. The van der Waals surface area contributed by atoms with Gasteiger partial charge in [-0.3, -0.25) is 4.79 Å². The van der Waals surface area contributed by atoms with E-state index in [0.29, 0.717) is 38.2 Å². The maximum absolute atomic E-state index is 12.6. The van der Waals surface area contributed by atoms with Gasteiger partial charge in [-0.05, 0) is 55.4 Å². The monoisotopic (exact) mass is 406 g/mol. The van der Waals surface area contributed by atoms with Crippen molar-refractivity contribution in [2.75, 3.05) is 13.1 Å². The van der Waals surface area contributed by atoms with Gasteiger partial charge in [-0.2, -0.15) is 5.10 Å². The molecule has 0 bridgehead atoms. The first-order valence-electron chi connectivity index (χ1n) is 10.6. The number of aliphatic hydroxyl groups is 1. The molecule has 2 fully saturated rings. The molecule has 3 heterocycles. The number of likely N-dealkylation sites (tertiary alicyclic amines) is 1. The minimum absolute atomic E-state index is 0.168. The largest absolute Gasteiger partial charge is 0.436 e. The maximum atomic E-state index is 12.6. The maximum Gasteiger partial charge on any atom is 0.291 e. The second-order valence-electron chi connectivity index (χ2n) is 8.54. The van der Waals surface area contributed by atoms with Crippen LogP contribution in [0.2, 0.25) is 0 Å². The quantitative estimate of drug-likeness (QED) is 0.703. The first kappa shape index (κ1) is 19.1. The van der Waals surface area contributed by atoms with Gasteiger partial charge in [0.25, 0.3) is 5.91 Å². The smallest absolute Gasteiger partial charge is 0.291 e. The molecule has 1 aliphatic carbocycles. The average molecular weight is 406 g/mol. The molecule has 0 atom stereocenters. The number of nitrogens with zero attached hydrogens (tertiary/aromatic N) is 4. The van der Waals surface area contributed by atoms with Crippen molar-refractivity contribution >= 4 is 5.91 Å². The van der Waals surface area contributed by atoms with Gasteiger partial charge in [0.2, 0.25) is 5.76 Å². The highest BCUT2D eigenvalue weighted by atomic mass is 16.4. The van der Waals surface area contributed by atoms with Crippen molar-refractivity contribution in [2.24, 2.45) is 0 Å². The molecule has 1 saturated carbocycles. The van der Waals surface area contributed by atoms with E-state index in [1.165, 1.54) is 24.6 Å². The number of rotatable bonds is 5. The van der Waals surface area contributed by atoms with Gasteiger partial charge >= 0.3 is 0 Å². The zero-order valence-electron chi connectivity index (χ0n) is 17.1. The van der Waals surface area contributed by atoms with Crippen molar-refractivity contribution < 1.29 is 14.3 Å². The van der Waals surface area contributed by atoms with E-state index in [9.17, 15) is 9.90 Å². The van der Waals surface area contributed by atoms with Gasteiger partial charge in [-0.25, -0.2) is 9.67 Å². The first-order valence-corrected chi connectivity index (χ1v) is 10.6. The Kier molecular flexibility index (Phi) is 4.70. The summed E-state index contributed by atoms with van der Waals surface area (Å²) < 4.78 is 7.26. The SMILES string of the molecule is Cc1ncc(C(=O)N2CCC(O)(Cc3ccnn3-c3ccc(C4CC4)cc3)CC2)o1. The van der Waals surface area contributed by atoms with Crippen LogP contribution < -0.4 is 0 Å². The lowest BCUT2D eigenvalue weighted by molar-refractivity contribution is -0.0179. The van der Waals surface area contributed by atoms with E-state index in [1.807, 2.05) is 10.7 Å². The summed E-state index contributed by atoms with van der Waals surface area (Å²) >= 11 is 0. The molecule has 1 amide bonds. The van der Waals surface area contributed by atoms with Crippen molar-refractivity contribution in [3.63, 3.8) is 0 Å². The number of piperidine rings is 1. The number of aryl methyl sites for hydroxylation is 1. The summed E-state index contributed by atoms with van der Waals surface area (Å²) in [5, 5.41) is 15.7. The molecule has 1 aliphatic heterocycles. The van der Waals surface area contributed by atoms with E-state index in [4.69, 9.17) is 4.42 Å². The molecule has 0 spiro atoms. The number of hydrogen-bond donors (Lipinski definition) is 1. The molecular formula is C23H26N4O3. The van der Waals surface area contributed by atoms with Gasteiger partial charge in [-0.1, -0.05) is 12.1 Å². The molecule has 5 rings (SSSR count).